The second-order valence-corrected chi connectivity index (χ2v) is 6.61. The fourth-order valence-electron chi connectivity index (χ4n) is 3.14. The number of nitrogens with one attached hydrogen (secondary N) is 1. The molecule has 1 aromatic carbocycles. The SMILES string of the molecule is COc1ccc(C=CCN2CC[C@@H](NC(=O)c3ccncc3)[C@H](O)C2)cc1. The molecule has 0 bridgehead atoms. The molecule has 1 aliphatic rings. The quantitative estimate of drug-likeness (QED) is 0.817. The average molecular weight is 367 g/mol. The molecule has 0 spiro atoms. The first-order chi connectivity index (χ1) is 13.2. The highest BCUT2D eigenvalue weighted by Gasteiger charge is 2.28. The number of benzene rings is 1. The third-order valence-corrected chi connectivity index (χ3v) is 4.71. The molecule has 0 unspecified atom stereocenters. The Morgan fingerprint density at radius 3 is 2.70 bits per heavy atom. The highest BCUT2D eigenvalue weighted by molar-refractivity contribution is 5.94. The number of ether oxygens (including phenoxy) is 1. The molecule has 0 radical (unpaired) electrons. The van der Waals surface area contributed by atoms with E-state index in [0.29, 0.717) is 18.5 Å². The summed E-state index contributed by atoms with van der Waals surface area (Å²) >= 11 is 0. The molecule has 3 rings (SSSR count). The lowest BCUT2D eigenvalue weighted by Gasteiger charge is -2.35. The molecule has 0 saturated carbocycles. The molecule has 2 N–H and O–H groups in total. The number of likely N-dealkylation sites (tertiary alicyclic amines) is 1. The van der Waals surface area contributed by atoms with Gasteiger partial charge in [-0.1, -0.05) is 24.3 Å². The molecular weight excluding hydrogens is 342 g/mol. The molecule has 1 fully saturated rings. The molecule has 2 heterocycles. The standard InChI is InChI=1S/C21H25N3O3/c1-27-18-6-4-16(5-7-18)3-2-13-24-14-10-19(20(25)15-24)23-21(26)17-8-11-22-12-9-17/h2-9,11-12,19-20,25H,10,13-15H2,1H3,(H,23,26)/t19-,20-/m1/s1. The van der Waals surface area contributed by atoms with E-state index in [4.69, 9.17) is 4.74 Å². The fourth-order valence-corrected chi connectivity index (χ4v) is 3.14. The van der Waals surface area contributed by atoms with Crippen LogP contribution in [0.1, 0.15) is 22.3 Å². The molecule has 142 valence electrons. The van der Waals surface area contributed by atoms with Crippen molar-refractivity contribution in [2.75, 3.05) is 26.7 Å². The van der Waals surface area contributed by atoms with Crippen LogP contribution in [0.2, 0.25) is 0 Å². The molecule has 1 aromatic heterocycles. The number of amides is 1. The van der Waals surface area contributed by atoms with Gasteiger partial charge in [0.2, 0.25) is 0 Å². The Bertz CT molecular complexity index is 762. The Kier molecular flexibility index (Phi) is 6.57. The second kappa shape index (κ2) is 9.30. The zero-order valence-electron chi connectivity index (χ0n) is 15.4. The number of methoxy groups -OCH3 is 1. The van der Waals surface area contributed by atoms with Gasteiger partial charge in [0.05, 0.1) is 19.3 Å². The van der Waals surface area contributed by atoms with Gasteiger partial charge < -0.3 is 15.2 Å². The van der Waals surface area contributed by atoms with Crippen molar-refractivity contribution in [1.82, 2.24) is 15.2 Å². The van der Waals surface area contributed by atoms with Crippen LogP contribution in [0, 0.1) is 0 Å². The normalized spacial score (nSPS) is 20.5. The number of carbonyl (C=O) groups is 1. The summed E-state index contributed by atoms with van der Waals surface area (Å²) in [5, 5.41) is 13.3. The summed E-state index contributed by atoms with van der Waals surface area (Å²) in [4.78, 5) is 18.3. The van der Waals surface area contributed by atoms with Crippen LogP contribution in [0.15, 0.2) is 54.9 Å². The van der Waals surface area contributed by atoms with Crippen LogP contribution >= 0.6 is 0 Å². The first-order valence-corrected chi connectivity index (χ1v) is 9.07. The number of aliphatic hydroxyl groups is 1. The number of nitrogens with zero attached hydrogens (tertiary/aromatic N) is 2. The van der Waals surface area contributed by atoms with Gasteiger partial charge in [0.25, 0.3) is 5.91 Å². The monoisotopic (exact) mass is 367 g/mol. The lowest BCUT2D eigenvalue weighted by Crippen LogP contribution is -2.54. The van der Waals surface area contributed by atoms with E-state index in [1.807, 2.05) is 24.3 Å². The lowest BCUT2D eigenvalue weighted by atomic mass is 10.0. The van der Waals surface area contributed by atoms with Crippen molar-refractivity contribution in [1.29, 1.82) is 0 Å². The summed E-state index contributed by atoms with van der Waals surface area (Å²) in [5.41, 5.74) is 1.66. The molecule has 2 atom stereocenters. The predicted molar refractivity (Wildman–Crippen MR) is 105 cm³/mol. The summed E-state index contributed by atoms with van der Waals surface area (Å²) in [7, 11) is 1.65. The summed E-state index contributed by atoms with van der Waals surface area (Å²) in [6.07, 6.45) is 7.45. The van der Waals surface area contributed by atoms with E-state index in [2.05, 4.69) is 27.4 Å². The summed E-state index contributed by atoms with van der Waals surface area (Å²) in [5.74, 6) is 0.667. The van der Waals surface area contributed by atoms with Gasteiger partial charge in [-0.25, -0.2) is 0 Å². The minimum atomic E-state index is -0.584. The van der Waals surface area contributed by atoms with E-state index >= 15 is 0 Å². The average Bonchev–Trinajstić information content (AvgIpc) is 2.71. The van der Waals surface area contributed by atoms with Gasteiger partial charge in [-0.2, -0.15) is 0 Å². The minimum absolute atomic E-state index is 0.172. The van der Waals surface area contributed by atoms with Crippen LogP contribution in [-0.2, 0) is 0 Å². The Labute approximate surface area is 159 Å². The van der Waals surface area contributed by atoms with Crippen molar-refractivity contribution in [2.24, 2.45) is 0 Å². The number of β-amino-alcohol motifs (C(OH)–C–C–N with tert-alkyl or cyclic N) is 1. The van der Waals surface area contributed by atoms with E-state index in [9.17, 15) is 9.90 Å². The molecule has 1 aliphatic heterocycles. The van der Waals surface area contributed by atoms with Crippen molar-refractivity contribution in [2.45, 2.75) is 18.6 Å². The Balaban J connectivity index is 1.46. The lowest BCUT2D eigenvalue weighted by molar-refractivity contribution is 0.0423. The molecule has 27 heavy (non-hydrogen) atoms. The topological polar surface area (TPSA) is 74.7 Å². The third kappa shape index (κ3) is 5.39. The number of carbonyl (C=O) groups excluding carboxylic acids is 1. The van der Waals surface area contributed by atoms with Gasteiger partial charge in [-0.05, 0) is 36.2 Å². The largest absolute Gasteiger partial charge is 0.497 e. The number of pyridine rings is 1. The second-order valence-electron chi connectivity index (χ2n) is 6.61. The summed E-state index contributed by atoms with van der Waals surface area (Å²) in [6.45, 7) is 2.12. The number of hydrogen-bond acceptors (Lipinski definition) is 5. The van der Waals surface area contributed by atoms with Crippen molar-refractivity contribution in [3.05, 3.63) is 66.0 Å². The first-order valence-electron chi connectivity index (χ1n) is 9.07. The molecule has 6 heteroatoms. The molecule has 6 nitrogen and oxygen atoms in total. The van der Waals surface area contributed by atoms with Crippen LogP contribution in [0.25, 0.3) is 6.08 Å². The van der Waals surface area contributed by atoms with Gasteiger partial charge in [0.1, 0.15) is 5.75 Å². The summed E-state index contributed by atoms with van der Waals surface area (Å²) < 4.78 is 5.15. The predicted octanol–water partition coefficient (Wildman–Crippen LogP) is 1.97. The Morgan fingerprint density at radius 1 is 1.30 bits per heavy atom. The minimum Gasteiger partial charge on any atom is -0.497 e. The molecule has 0 aliphatic carbocycles. The molecule has 1 saturated heterocycles. The summed E-state index contributed by atoms with van der Waals surface area (Å²) in [6, 6.07) is 11.0. The van der Waals surface area contributed by atoms with Gasteiger partial charge in [0.15, 0.2) is 0 Å². The maximum atomic E-state index is 12.2. The maximum Gasteiger partial charge on any atom is 0.251 e. The Hall–Kier alpha value is -2.70. The molecule has 2 aromatic rings. The van der Waals surface area contributed by atoms with Crippen molar-refractivity contribution < 1.29 is 14.6 Å². The smallest absolute Gasteiger partial charge is 0.251 e. The zero-order chi connectivity index (χ0) is 19.1. The van der Waals surface area contributed by atoms with Crippen LogP contribution in [0.3, 0.4) is 0 Å². The van der Waals surface area contributed by atoms with Gasteiger partial charge in [0, 0.05) is 37.6 Å². The van der Waals surface area contributed by atoms with E-state index in [1.165, 1.54) is 0 Å². The van der Waals surface area contributed by atoms with E-state index in [0.717, 1.165) is 24.4 Å². The van der Waals surface area contributed by atoms with Crippen LogP contribution in [-0.4, -0.2) is 59.8 Å². The fraction of sp³-hybridized carbons (Fsp3) is 0.333. The Morgan fingerprint density at radius 2 is 2.04 bits per heavy atom. The van der Waals surface area contributed by atoms with E-state index in [1.54, 1.807) is 31.6 Å². The van der Waals surface area contributed by atoms with Crippen LogP contribution in [0.4, 0.5) is 0 Å². The van der Waals surface area contributed by atoms with Crippen LogP contribution < -0.4 is 10.1 Å². The van der Waals surface area contributed by atoms with E-state index < -0.39 is 6.10 Å². The highest BCUT2D eigenvalue weighted by atomic mass is 16.5. The zero-order valence-corrected chi connectivity index (χ0v) is 15.4. The molecule has 1 amide bonds. The number of aromatic nitrogens is 1. The van der Waals surface area contributed by atoms with Crippen LogP contribution in [0.5, 0.6) is 5.75 Å². The molecular formula is C21H25N3O3. The third-order valence-electron chi connectivity index (χ3n) is 4.71. The van der Waals surface area contributed by atoms with Crippen molar-refractivity contribution in [3.63, 3.8) is 0 Å². The van der Waals surface area contributed by atoms with E-state index in [-0.39, 0.29) is 11.9 Å². The van der Waals surface area contributed by atoms with Gasteiger partial charge in [-0.15, -0.1) is 0 Å². The van der Waals surface area contributed by atoms with Crippen molar-refractivity contribution in [3.8, 4) is 5.75 Å². The maximum absolute atomic E-state index is 12.2. The van der Waals surface area contributed by atoms with Gasteiger partial charge >= 0.3 is 0 Å². The van der Waals surface area contributed by atoms with Gasteiger partial charge in [-0.3, -0.25) is 14.7 Å². The number of rotatable bonds is 6. The number of piperidine rings is 1. The number of aliphatic hydroxyl groups excluding tert-OH is 1. The number of hydrogen-bond donors (Lipinski definition) is 2. The highest BCUT2D eigenvalue weighted by Crippen LogP contribution is 2.14. The first kappa shape index (κ1) is 19.1. The van der Waals surface area contributed by atoms with Crippen molar-refractivity contribution >= 4 is 12.0 Å².